The summed E-state index contributed by atoms with van der Waals surface area (Å²) in [6.07, 6.45) is 4.07. The fourth-order valence-electron chi connectivity index (χ4n) is 3.36. The largest absolute Gasteiger partial charge is 0.493 e. The number of amides is 1. The third-order valence-corrected chi connectivity index (χ3v) is 4.79. The minimum absolute atomic E-state index is 0. The van der Waals surface area contributed by atoms with Crippen LogP contribution < -0.4 is 14.8 Å². The molecule has 25 heavy (non-hydrogen) atoms. The van der Waals surface area contributed by atoms with E-state index < -0.39 is 0 Å². The first-order valence-corrected chi connectivity index (χ1v) is 8.73. The Hall–Kier alpha value is -1.72. The van der Waals surface area contributed by atoms with E-state index in [0.717, 1.165) is 55.9 Å². The first-order chi connectivity index (χ1) is 11.7. The highest BCUT2D eigenvalue weighted by molar-refractivity contribution is 5.99. The molecule has 0 unspecified atom stereocenters. The average Bonchev–Trinajstić information content (AvgIpc) is 2.65. The number of nitrogens with zero attached hydrogens (tertiary/aromatic N) is 1. The molecule has 3 rings (SSSR count). The summed E-state index contributed by atoms with van der Waals surface area (Å²) in [5.41, 5.74) is 1.63. The van der Waals surface area contributed by atoms with Crippen molar-refractivity contribution >= 4 is 24.4 Å². The molecule has 1 saturated heterocycles. The fourth-order valence-corrected chi connectivity index (χ4v) is 3.36. The van der Waals surface area contributed by atoms with Gasteiger partial charge in [-0.15, -0.1) is 12.4 Å². The quantitative estimate of drug-likeness (QED) is 0.870. The van der Waals surface area contributed by atoms with Crippen LogP contribution in [0.5, 0.6) is 11.5 Å². The van der Waals surface area contributed by atoms with Crippen LogP contribution in [0, 0.1) is 5.92 Å². The van der Waals surface area contributed by atoms with Gasteiger partial charge in [-0.1, -0.05) is 19.1 Å². The highest BCUT2D eigenvalue weighted by Gasteiger charge is 2.27. The summed E-state index contributed by atoms with van der Waals surface area (Å²) < 4.78 is 11.1. The van der Waals surface area contributed by atoms with Crippen molar-refractivity contribution in [3.8, 4) is 11.5 Å². The zero-order valence-corrected chi connectivity index (χ0v) is 15.7. The maximum atomic E-state index is 12.8. The van der Waals surface area contributed by atoms with Crippen LogP contribution in [0.1, 0.15) is 25.3 Å². The van der Waals surface area contributed by atoms with E-state index in [9.17, 15) is 4.79 Å². The Morgan fingerprint density at radius 1 is 1.36 bits per heavy atom. The summed E-state index contributed by atoms with van der Waals surface area (Å²) in [7, 11) is 1.63. The van der Waals surface area contributed by atoms with Crippen LogP contribution in [0.2, 0.25) is 0 Å². The van der Waals surface area contributed by atoms with Gasteiger partial charge >= 0.3 is 0 Å². The van der Waals surface area contributed by atoms with Gasteiger partial charge in [-0.3, -0.25) is 4.79 Å². The molecule has 138 valence electrons. The summed E-state index contributed by atoms with van der Waals surface area (Å²) in [5, 5.41) is 3.40. The van der Waals surface area contributed by atoms with Gasteiger partial charge in [0.2, 0.25) is 0 Å². The Balaban J connectivity index is 0.00000225. The molecule has 0 saturated carbocycles. The number of benzene rings is 1. The van der Waals surface area contributed by atoms with Crippen LogP contribution in [0.15, 0.2) is 23.8 Å². The Morgan fingerprint density at radius 2 is 2.12 bits per heavy atom. The van der Waals surface area contributed by atoms with Crippen LogP contribution in [0.3, 0.4) is 0 Å². The smallest absolute Gasteiger partial charge is 0.253 e. The van der Waals surface area contributed by atoms with E-state index in [1.807, 2.05) is 29.2 Å². The van der Waals surface area contributed by atoms with Crippen molar-refractivity contribution in [1.82, 2.24) is 10.2 Å². The maximum absolute atomic E-state index is 12.8. The van der Waals surface area contributed by atoms with E-state index in [-0.39, 0.29) is 18.3 Å². The standard InChI is InChI=1S/C19H26N2O3.ClH/c1-3-20-12-14-7-9-21(10-8-14)19(22)16-11-15-5-4-6-17(23-2)18(15)24-13-16;/h4-6,11,14,20H,3,7-10,12-13H2,1-2H3;1H. The van der Waals surface area contributed by atoms with Crippen LogP contribution >= 0.6 is 12.4 Å². The zero-order chi connectivity index (χ0) is 16.9. The van der Waals surface area contributed by atoms with Gasteiger partial charge in [0, 0.05) is 18.7 Å². The van der Waals surface area contributed by atoms with Crippen molar-refractivity contribution in [2.75, 3.05) is 39.9 Å². The molecule has 1 aromatic carbocycles. The van der Waals surface area contributed by atoms with Crippen LogP contribution in [-0.2, 0) is 4.79 Å². The van der Waals surface area contributed by atoms with Crippen molar-refractivity contribution in [3.05, 3.63) is 29.3 Å². The van der Waals surface area contributed by atoms with Crippen molar-refractivity contribution < 1.29 is 14.3 Å². The number of halogens is 1. The summed E-state index contributed by atoms with van der Waals surface area (Å²) in [6, 6.07) is 5.73. The molecule has 0 bridgehead atoms. The van der Waals surface area contributed by atoms with Crippen LogP contribution in [0.25, 0.3) is 6.08 Å². The summed E-state index contributed by atoms with van der Waals surface area (Å²) in [5.74, 6) is 2.21. The van der Waals surface area contributed by atoms with Gasteiger partial charge in [0.15, 0.2) is 11.5 Å². The van der Waals surface area contributed by atoms with Gasteiger partial charge in [0.1, 0.15) is 6.61 Å². The lowest BCUT2D eigenvalue weighted by Gasteiger charge is -2.33. The molecule has 0 radical (unpaired) electrons. The van der Waals surface area contributed by atoms with Gasteiger partial charge in [0.05, 0.1) is 12.7 Å². The molecule has 2 heterocycles. The predicted octanol–water partition coefficient (Wildman–Crippen LogP) is 2.74. The third-order valence-electron chi connectivity index (χ3n) is 4.79. The van der Waals surface area contributed by atoms with E-state index in [2.05, 4.69) is 12.2 Å². The molecule has 2 aliphatic heterocycles. The summed E-state index contributed by atoms with van der Waals surface area (Å²) >= 11 is 0. The van der Waals surface area contributed by atoms with Gasteiger partial charge in [-0.05, 0) is 44.0 Å². The number of hydrogen-bond donors (Lipinski definition) is 1. The van der Waals surface area contributed by atoms with Gasteiger partial charge in [-0.2, -0.15) is 0 Å². The zero-order valence-electron chi connectivity index (χ0n) is 14.9. The van der Waals surface area contributed by atoms with E-state index in [1.54, 1.807) is 7.11 Å². The molecule has 0 atom stereocenters. The molecular weight excluding hydrogens is 340 g/mol. The van der Waals surface area contributed by atoms with Crippen molar-refractivity contribution in [2.24, 2.45) is 5.92 Å². The van der Waals surface area contributed by atoms with E-state index in [0.29, 0.717) is 18.3 Å². The minimum Gasteiger partial charge on any atom is -0.493 e. The predicted molar refractivity (Wildman–Crippen MR) is 102 cm³/mol. The number of piperidine rings is 1. The molecule has 2 aliphatic rings. The van der Waals surface area contributed by atoms with E-state index in [4.69, 9.17) is 9.47 Å². The number of likely N-dealkylation sites (tertiary alicyclic amines) is 1. The number of carbonyl (C=O) groups is 1. The Labute approximate surface area is 155 Å². The number of rotatable bonds is 5. The van der Waals surface area contributed by atoms with Gasteiger partial charge in [0.25, 0.3) is 5.91 Å². The summed E-state index contributed by atoms with van der Waals surface area (Å²) in [6.45, 7) is 6.16. The number of hydrogen-bond acceptors (Lipinski definition) is 4. The molecule has 0 aromatic heterocycles. The average molecular weight is 367 g/mol. The Morgan fingerprint density at radius 3 is 2.80 bits per heavy atom. The molecule has 1 N–H and O–H groups in total. The first kappa shape index (κ1) is 19.6. The first-order valence-electron chi connectivity index (χ1n) is 8.73. The molecule has 0 aliphatic carbocycles. The lowest BCUT2D eigenvalue weighted by atomic mass is 9.96. The fraction of sp³-hybridized carbons (Fsp3) is 0.526. The Bertz CT molecular complexity index is 625. The number of nitrogens with one attached hydrogen (secondary N) is 1. The lowest BCUT2D eigenvalue weighted by molar-refractivity contribution is -0.128. The number of para-hydroxylation sites is 1. The van der Waals surface area contributed by atoms with Crippen LogP contribution in [0.4, 0.5) is 0 Å². The van der Waals surface area contributed by atoms with Crippen molar-refractivity contribution in [3.63, 3.8) is 0 Å². The van der Waals surface area contributed by atoms with E-state index in [1.165, 1.54) is 0 Å². The molecule has 5 nitrogen and oxygen atoms in total. The SMILES string of the molecule is CCNCC1CCN(C(=O)C2=Cc3cccc(OC)c3OC2)CC1.Cl. The van der Waals surface area contributed by atoms with Gasteiger partial charge < -0.3 is 19.7 Å². The normalized spacial score (nSPS) is 17.0. The van der Waals surface area contributed by atoms with E-state index >= 15 is 0 Å². The maximum Gasteiger partial charge on any atom is 0.253 e. The highest BCUT2D eigenvalue weighted by Crippen LogP contribution is 2.36. The molecule has 1 aromatic rings. The van der Waals surface area contributed by atoms with Gasteiger partial charge in [-0.25, -0.2) is 0 Å². The second-order valence-electron chi connectivity index (χ2n) is 6.38. The van der Waals surface area contributed by atoms with Crippen molar-refractivity contribution in [1.29, 1.82) is 0 Å². The molecule has 6 heteroatoms. The number of methoxy groups -OCH3 is 1. The third kappa shape index (κ3) is 4.47. The molecule has 1 fully saturated rings. The number of fused-ring (bicyclic) bond motifs is 1. The van der Waals surface area contributed by atoms with Crippen molar-refractivity contribution in [2.45, 2.75) is 19.8 Å². The Kier molecular flexibility index (Phi) is 7.14. The highest BCUT2D eigenvalue weighted by atomic mass is 35.5. The molecule has 1 amide bonds. The van der Waals surface area contributed by atoms with Crippen LogP contribution in [-0.4, -0.2) is 50.7 Å². The summed E-state index contributed by atoms with van der Waals surface area (Å²) in [4.78, 5) is 14.7. The topological polar surface area (TPSA) is 50.8 Å². The minimum atomic E-state index is 0. The second kappa shape index (κ2) is 9.11. The number of ether oxygens (including phenoxy) is 2. The molecule has 0 spiro atoms. The molecular formula is C19H27ClN2O3. The lowest BCUT2D eigenvalue weighted by Crippen LogP contribution is -2.42. The monoisotopic (exact) mass is 366 g/mol. The number of carbonyl (C=O) groups excluding carboxylic acids is 1. The second-order valence-corrected chi connectivity index (χ2v) is 6.38.